The maximum atomic E-state index is 14.9. The third-order valence-corrected chi connectivity index (χ3v) is 6.52. The van der Waals surface area contributed by atoms with Gasteiger partial charge >= 0.3 is 0 Å². The number of rotatable bonds is 10. The summed E-state index contributed by atoms with van der Waals surface area (Å²) in [6.07, 6.45) is -0.325. The van der Waals surface area contributed by atoms with Gasteiger partial charge < -0.3 is 15.6 Å². The minimum atomic E-state index is -2.28. The molecule has 9 heteroatoms. The number of carbonyl (C=O) groups is 3. The van der Waals surface area contributed by atoms with Crippen molar-refractivity contribution in [2.24, 2.45) is 11.8 Å². The van der Waals surface area contributed by atoms with E-state index in [1.54, 1.807) is 26.1 Å². The topological polar surface area (TPSA) is 123 Å². The Kier molecular flexibility index (Phi) is 8.38. The number of amides is 3. The molecule has 0 aliphatic heterocycles. The number of anilines is 1. The lowest BCUT2D eigenvalue weighted by Gasteiger charge is -2.25. The third kappa shape index (κ3) is 6.18. The smallest absolute Gasteiger partial charge is 0.278 e. The van der Waals surface area contributed by atoms with E-state index >= 15 is 0 Å². The molecule has 0 aliphatic carbocycles. The van der Waals surface area contributed by atoms with Gasteiger partial charge in [0.1, 0.15) is 6.04 Å². The van der Waals surface area contributed by atoms with E-state index in [1.807, 2.05) is 60.7 Å². The van der Waals surface area contributed by atoms with Gasteiger partial charge in [-0.3, -0.25) is 19.6 Å². The number of benzene rings is 3. The largest absolute Gasteiger partial charge is 0.361 e. The molecule has 0 saturated carbocycles. The van der Waals surface area contributed by atoms with Crippen LogP contribution in [-0.4, -0.2) is 40.1 Å². The van der Waals surface area contributed by atoms with Crippen LogP contribution in [0, 0.1) is 11.8 Å². The van der Waals surface area contributed by atoms with Crippen LogP contribution < -0.4 is 16.1 Å². The van der Waals surface area contributed by atoms with Gasteiger partial charge in [0, 0.05) is 29.2 Å². The summed E-state index contributed by atoms with van der Waals surface area (Å²) in [5.41, 5.74) is 3.50. The second-order valence-electron chi connectivity index (χ2n) is 9.79. The van der Waals surface area contributed by atoms with Crippen LogP contribution in [0.25, 0.3) is 21.7 Å². The van der Waals surface area contributed by atoms with Crippen molar-refractivity contribution in [2.75, 3.05) is 5.32 Å². The summed E-state index contributed by atoms with van der Waals surface area (Å²) in [4.78, 5) is 41.7. The van der Waals surface area contributed by atoms with Crippen LogP contribution >= 0.6 is 0 Å². The van der Waals surface area contributed by atoms with Crippen molar-refractivity contribution in [1.29, 1.82) is 0 Å². The number of halogens is 1. The number of aromatic amines is 1. The standard InChI is InChI=1S/C29H31FN4O4/c1-17(2)13-23(26(30)29(37)34-38)27(35)33-25(15-20-16-31-24-10-6-5-9-22(20)24)28(36)32-21-12-11-18-7-3-4-8-19(18)14-21/h3-12,14,16-17,23,25-26,31,38H,13,15H2,1-2H3,(H,32,36)(H,33,35)(H,34,37)/t23-,25+,26-/m1/s1. The van der Waals surface area contributed by atoms with Gasteiger partial charge in [-0.1, -0.05) is 62.4 Å². The first-order valence-corrected chi connectivity index (χ1v) is 12.5. The Morgan fingerprint density at radius 1 is 0.921 bits per heavy atom. The predicted molar refractivity (Wildman–Crippen MR) is 144 cm³/mol. The Hall–Kier alpha value is -4.24. The van der Waals surface area contributed by atoms with E-state index in [2.05, 4.69) is 15.6 Å². The molecule has 0 unspecified atom stereocenters. The van der Waals surface area contributed by atoms with Crippen molar-refractivity contribution >= 4 is 45.1 Å². The number of hydroxylamine groups is 1. The monoisotopic (exact) mass is 518 g/mol. The molecule has 0 radical (unpaired) electrons. The van der Waals surface area contributed by atoms with Gasteiger partial charge in [0.2, 0.25) is 11.8 Å². The fourth-order valence-electron chi connectivity index (χ4n) is 4.62. The predicted octanol–water partition coefficient (Wildman–Crippen LogP) is 4.49. The molecule has 0 spiro atoms. The molecule has 1 aromatic heterocycles. The molecule has 3 amide bonds. The summed E-state index contributed by atoms with van der Waals surface area (Å²) in [7, 11) is 0. The summed E-state index contributed by atoms with van der Waals surface area (Å²) in [5.74, 6) is -4.08. The summed E-state index contributed by atoms with van der Waals surface area (Å²) < 4.78 is 14.9. The summed E-state index contributed by atoms with van der Waals surface area (Å²) >= 11 is 0. The van der Waals surface area contributed by atoms with Crippen LogP contribution in [0.5, 0.6) is 0 Å². The highest BCUT2D eigenvalue weighted by Crippen LogP contribution is 2.23. The SMILES string of the molecule is CC(C)C[C@@H](C(=O)N[C@@H](Cc1c[nH]c2ccccc12)C(=O)Nc1ccc2ccccc2c1)[C@@H](F)C(=O)NO. The molecular weight excluding hydrogens is 487 g/mol. The molecule has 5 N–H and O–H groups in total. The molecule has 0 saturated heterocycles. The number of fused-ring (bicyclic) bond motifs is 2. The third-order valence-electron chi connectivity index (χ3n) is 6.52. The van der Waals surface area contributed by atoms with Crippen LogP contribution in [-0.2, 0) is 20.8 Å². The zero-order chi connectivity index (χ0) is 27.2. The second kappa shape index (κ2) is 11.9. The molecule has 0 fully saturated rings. The number of para-hydroxylation sites is 1. The second-order valence-corrected chi connectivity index (χ2v) is 9.79. The van der Waals surface area contributed by atoms with E-state index in [1.165, 1.54) is 5.48 Å². The molecule has 0 aliphatic rings. The highest BCUT2D eigenvalue weighted by atomic mass is 19.1. The van der Waals surface area contributed by atoms with Crippen LogP contribution in [0.4, 0.5) is 10.1 Å². The summed E-state index contributed by atoms with van der Waals surface area (Å²) in [6.45, 7) is 3.58. The number of carbonyl (C=O) groups excluding carboxylic acids is 3. The van der Waals surface area contributed by atoms with E-state index in [0.29, 0.717) is 5.69 Å². The minimum Gasteiger partial charge on any atom is -0.361 e. The van der Waals surface area contributed by atoms with Crippen molar-refractivity contribution < 1.29 is 24.0 Å². The van der Waals surface area contributed by atoms with Gasteiger partial charge in [0.05, 0.1) is 5.92 Å². The fourth-order valence-corrected chi connectivity index (χ4v) is 4.62. The Morgan fingerprint density at radius 2 is 1.63 bits per heavy atom. The molecule has 8 nitrogen and oxygen atoms in total. The maximum Gasteiger partial charge on any atom is 0.278 e. The Balaban J connectivity index is 1.62. The summed E-state index contributed by atoms with van der Waals surface area (Å²) in [6, 6.07) is 19.7. The van der Waals surface area contributed by atoms with Crippen LogP contribution in [0.15, 0.2) is 72.9 Å². The molecule has 4 rings (SSSR count). The lowest BCUT2D eigenvalue weighted by molar-refractivity contribution is -0.142. The fraction of sp³-hybridized carbons (Fsp3) is 0.276. The Labute approximate surface area is 219 Å². The van der Waals surface area contributed by atoms with Crippen LogP contribution in [0.1, 0.15) is 25.8 Å². The first-order valence-electron chi connectivity index (χ1n) is 12.5. The zero-order valence-electron chi connectivity index (χ0n) is 21.2. The normalized spacial score (nSPS) is 13.7. The summed E-state index contributed by atoms with van der Waals surface area (Å²) in [5, 5.41) is 17.3. The van der Waals surface area contributed by atoms with E-state index in [0.717, 1.165) is 27.2 Å². The van der Waals surface area contributed by atoms with E-state index in [-0.39, 0.29) is 18.8 Å². The molecule has 1 heterocycles. The van der Waals surface area contributed by atoms with Crippen molar-refractivity contribution in [1.82, 2.24) is 15.8 Å². The highest BCUT2D eigenvalue weighted by molar-refractivity contribution is 6.00. The van der Waals surface area contributed by atoms with Gasteiger partial charge in [0.15, 0.2) is 6.17 Å². The van der Waals surface area contributed by atoms with E-state index in [9.17, 15) is 18.8 Å². The van der Waals surface area contributed by atoms with Gasteiger partial charge in [-0.2, -0.15) is 0 Å². The lowest BCUT2D eigenvalue weighted by Crippen LogP contribution is -2.50. The van der Waals surface area contributed by atoms with Crippen molar-refractivity contribution in [3.8, 4) is 0 Å². The number of hydrogen-bond acceptors (Lipinski definition) is 4. The molecule has 4 aromatic rings. The van der Waals surface area contributed by atoms with Crippen LogP contribution in [0.3, 0.4) is 0 Å². The molecule has 3 aromatic carbocycles. The molecule has 38 heavy (non-hydrogen) atoms. The van der Waals surface area contributed by atoms with E-state index < -0.39 is 35.9 Å². The van der Waals surface area contributed by atoms with Gasteiger partial charge in [-0.25, -0.2) is 9.87 Å². The number of hydrogen-bond donors (Lipinski definition) is 5. The van der Waals surface area contributed by atoms with Gasteiger partial charge in [0.25, 0.3) is 5.91 Å². The molecule has 0 bridgehead atoms. The van der Waals surface area contributed by atoms with Crippen LogP contribution in [0.2, 0.25) is 0 Å². The van der Waals surface area contributed by atoms with Crippen molar-refractivity contribution in [3.63, 3.8) is 0 Å². The molecular formula is C29H31FN4O4. The lowest BCUT2D eigenvalue weighted by atomic mass is 9.91. The van der Waals surface area contributed by atoms with E-state index in [4.69, 9.17) is 5.21 Å². The van der Waals surface area contributed by atoms with Crippen molar-refractivity contribution in [2.45, 2.75) is 38.9 Å². The maximum absolute atomic E-state index is 14.9. The average Bonchev–Trinajstić information content (AvgIpc) is 3.33. The molecule has 3 atom stereocenters. The number of aromatic nitrogens is 1. The number of H-pyrrole nitrogens is 1. The first-order chi connectivity index (χ1) is 18.3. The number of nitrogens with one attached hydrogen (secondary N) is 4. The quantitative estimate of drug-likeness (QED) is 0.157. The zero-order valence-corrected chi connectivity index (χ0v) is 21.2. The first kappa shape index (κ1) is 26.8. The average molecular weight is 519 g/mol. The Bertz CT molecular complexity index is 1450. The Morgan fingerprint density at radius 3 is 2.37 bits per heavy atom. The van der Waals surface area contributed by atoms with Gasteiger partial charge in [-0.15, -0.1) is 0 Å². The van der Waals surface area contributed by atoms with Gasteiger partial charge in [-0.05, 0) is 46.9 Å². The highest BCUT2D eigenvalue weighted by Gasteiger charge is 2.36. The minimum absolute atomic E-state index is 0.0481. The van der Waals surface area contributed by atoms with Crippen molar-refractivity contribution in [3.05, 3.63) is 78.5 Å². The number of alkyl halides is 1. The molecule has 198 valence electrons.